The van der Waals surface area contributed by atoms with Crippen LogP contribution in [-0.4, -0.2) is 43.0 Å². The SMILES string of the molecule is CCCC(N)C(=O)NCC1CCN(CCc2ccccc2)C1. The third-order valence-corrected chi connectivity index (χ3v) is 4.43. The molecule has 1 aliphatic heterocycles. The van der Waals surface area contributed by atoms with E-state index < -0.39 is 0 Å². The molecule has 22 heavy (non-hydrogen) atoms. The lowest BCUT2D eigenvalue weighted by molar-refractivity contribution is -0.122. The number of amides is 1. The second-order valence-electron chi connectivity index (χ2n) is 6.33. The molecule has 1 aliphatic rings. The second kappa shape index (κ2) is 8.91. The molecule has 1 fully saturated rings. The van der Waals surface area contributed by atoms with E-state index in [0.717, 1.165) is 51.9 Å². The van der Waals surface area contributed by atoms with E-state index in [-0.39, 0.29) is 11.9 Å². The van der Waals surface area contributed by atoms with Crippen LogP contribution in [-0.2, 0) is 11.2 Å². The first-order valence-electron chi connectivity index (χ1n) is 8.48. The number of rotatable bonds is 8. The first-order chi connectivity index (χ1) is 10.7. The van der Waals surface area contributed by atoms with Crippen LogP contribution in [0, 0.1) is 5.92 Å². The Morgan fingerprint density at radius 3 is 2.91 bits per heavy atom. The molecule has 2 atom stereocenters. The van der Waals surface area contributed by atoms with Gasteiger partial charge in [-0.15, -0.1) is 0 Å². The van der Waals surface area contributed by atoms with Crippen molar-refractivity contribution in [3.05, 3.63) is 35.9 Å². The maximum absolute atomic E-state index is 11.8. The van der Waals surface area contributed by atoms with Gasteiger partial charge in [-0.1, -0.05) is 43.7 Å². The number of nitrogens with two attached hydrogens (primary N) is 1. The Bertz CT molecular complexity index is 449. The highest BCUT2D eigenvalue weighted by Gasteiger charge is 2.23. The molecule has 0 aliphatic carbocycles. The molecular weight excluding hydrogens is 274 g/mol. The van der Waals surface area contributed by atoms with Crippen molar-refractivity contribution >= 4 is 5.91 Å². The summed E-state index contributed by atoms with van der Waals surface area (Å²) in [5.74, 6) is 0.568. The lowest BCUT2D eigenvalue weighted by Crippen LogP contribution is -2.42. The third kappa shape index (κ3) is 5.43. The summed E-state index contributed by atoms with van der Waals surface area (Å²) in [6, 6.07) is 10.3. The molecule has 2 unspecified atom stereocenters. The Balaban J connectivity index is 1.64. The van der Waals surface area contributed by atoms with Crippen LogP contribution < -0.4 is 11.1 Å². The van der Waals surface area contributed by atoms with Gasteiger partial charge >= 0.3 is 0 Å². The zero-order valence-corrected chi connectivity index (χ0v) is 13.6. The van der Waals surface area contributed by atoms with Crippen LogP contribution >= 0.6 is 0 Å². The van der Waals surface area contributed by atoms with E-state index >= 15 is 0 Å². The molecule has 1 aromatic rings. The lowest BCUT2D eigenvalue weighted by atomic mass is 10.1. The summed E-state index contributed by atoms with van der Waals surface area (Å²) in [6.07, 6.45) is 3.98. The van der Waals surface area contributed by atoms with Crippen LogP contribution in [0.3, 0.4) is 0 Å². The van der Waals surface area contributed by atoms with Gasteiger partial charge in [-0.3, -0.25) is 4.79 Å². The second-order valence-corrected chi connectivity index (χ2v) is 6.33. The summed E-state index contributed by atoms with van der Waals surface area (Å²) in [6.45, 7) is 6.13. The number of nitrogens with zero attached hydrogens (tertiary/aromatic N) is 1. The van der Waals surface area contributed by atoms with Crippen molar-refractivity contribution in [3.63, 3.8) is 0 Å². The van der Waals surface area contributed by atoms with Gasteiger partial charge in [0.05, 0.1) is 6.04 Å². The van der Waals surface area contributed by atoms with E-state index in [1.807, 2.05) is 0 Å². The van der Waals surface area contributed by atoms with E-state index in [0.29, 0.717) is 5.92 Å². The Hall–Kier alpha value is -1.39. The van der Waals surface area contributed by atoms with Crippen LogP contribution in [0.4, 0.5) is 0 Å². The molecule has 1 amide bonds. The molecule has 1 aromatic carbocycles. The van der Waals surface area contributed by atoms with Crippen LogP contribution in [0.2, 0.25) is 0 Å². The fourth-order valence-electron chi connectivity index (χ4n) is 3.03. The van der Waals surface area contributed by atoms with Gasteiger partial charge in [-0.05, 0) is 37.3 Å². The van der Waals surface area contributed by atoms with Gasteiger partial charge < -0.3 is 16.0 Å². The summed E-state index contributed by atoms with van der Waals surface area (Å²) in [5, 5.41) is 3.01. The largest absolute Gasteiger partial charge is 0.354 e. The van der Waals surface area contributed by atoms with Crippen molar-refractivity contribution in [3.8, 4) is 0 Å². The predicted molar refractivity (Wildman–Crippen MR) is 90.6 cm³/mol. The van der Waals surface area contributed by atoms with Gasteiger partial charge in [-0.2, -0.15) is 0 Å². The van der Waals surface area contributed by atoms with Crippen LogP contribution in [0.1, 0.15) is 31.7 Å². The Kier molecular flexibility index (Phi) is 6.87. The lowest BCUT2D eigenvalue weighted by Gasteiger charge is -2.17. The van der Waals surface area contributed by atoms with Gasteiger partial charge in [0, 0.05) is 19.6 Å². The molecule has 1 saturated heterocycles. The number of hydrogen-bond acceptors (Lipinski definition) is 3. The average Bonchev–Trinajstić information content (AvgIpc) is 3.00. The van der Waals surface area contributed by atoms with E-state index in [4.69, 9.17) is 5.73 Å². The smallest absolute Gasteiger partial charge is 0.236 e. The molecular formula is C18H29N3O. The molecule has 3 N–H and O–H groups in total. The number of nitrogens with one attached hydrogen (secondary N) is 1. The Morgan fingerprint density at radius 1 is 1.41 bits per heavy atom. The Labute approximate surface area is 134 Å². The maximum atomic E-state index is 11.8. The molecule has 0 bridgehead atoms. The van der Waals surface area contributed by atoms with Crippen molar-refractivity contribution in [1.82, 2.24) is 10.2 Å². The minimum absolute atomic E-state index is 0.00425. The fourth-order valence-corrected chi connectivity index (χ4v) is 3.03. The van der Waals surface area contributed by atoms with Gasteiger partial charge in [0.15, 0.2) is 0 Å². The zero-order chi connectivity index (χ0) is 15.8. The predicted octanol–water partition coefficient (Wildman–Crippen LogP) is 1.79. The zero-order valence-electron chi connectivity index (χ0n) is 13.6. The highest BCUT2D eigenvalue weighted by Crippen LogP contribution is 2.16. The van der Waals surface area contributed by atoms with Gasteiger partial charge in [-0.25, -0.2) is 0 Å². The summed E-state index contributed by atoms with van der Waals surface area (Å²) >= 11 is 0. The molecule has 0 saturated carbocycles. The topological polar surface area (TPSA) is 58.4 Å². The van der Waals surface area contributed by atoms with Crippen molar-refractivity contribution in [2.45, 2.75) is 38.6 Å². The molecule has 4 heteroatoms. The van der Waals surface area contributed by atoms with Gasteiger partial charge in [0.1, 0.15) is 0 Å². The molecule has 2 rings (SSSR count). The quantitative estimate of drug-likeness (QED) is 0.770. The van der Waals surface area contributed by atoms with E-state index in [9.17, 15) is 4.79 Å². The molecule has 4 nitrogen and oxygen atoms in total. The first-order valence-corrected chi connectivity index (χ1v) is 8.48. The van der Waals surface area contributed by atoms with Crippen molar-refractivity contribution in [1.29, 1.82) is 0 Å². The minimum atomic E-state index is -0.347. The summed E-state index contributed by atoms with van der Waals surface area (Å²) in [4.78, 5) is 14.3. The monoisotopic (exact) mass is 303 g/mol. The minimum Gasteiger partial charge on any atom is -0.354 e. The highest BCUT2D eigenvalue weighted by atomic mass is 16.2. The normalized spacial score (nSPS) is 20.0. The number of likely N-dealkylation sites (tertiary alicyclic amines) is 1. The van der Waals surface area contributed by atoms with E-state index in [1.165, 1.54) is 5.56 Å². The molecule has 0 spiro atoms. The van der Waals surface area contributed by atoms with Crippen molar-refractivity contribution in [2.75, 3.05) is 26.2 Å². The maximum Gasteiger partial charge on any atom is 0.236 e. The van der Waals surface area contributed by atoms with Crippen LogP contribution in [0.25, 0.3) is 0 Å². The molecule has 122 valence electrons. The van der Waals surface area contributed by atoms with Crippen molar-refractivity contribution in [2.24, 2.45) is 11.7 Å². The van der Waals surface area contributed by atoms with E-state index in [2.05, 4.69) is 47.5 Å². The summed E-state index contributed by atoms with van der Waals surface area (Å²) in [5.41, 5.74) is 7.22. The number of carbonyl (C=O) groups is 1. The van der Waals surface area contributed by atoms with Gasteiger partial charge in [0.25, 0.3) is 0 Å². The molecule has 0 radical (unpaired) electrons. The average molecular weight is 303 g/mol. The van der Waals surface area contributed by atoms with E-state index in [1.54, 1.807) is 0 Å². The van der Waals surface area contributed by atoms with Crippen LogP contribution in [0.15, 0.2) is 30.3 Å². The number of benzene rings is 1. The van der Waals surface area contributed by atoms with Crippen LogP contribution in [0.5, 0.6) is 0 Å². The van der Waals surface area contributed by atoms with Gasteiger partial charge in [0.2, 0.25) is 5.91 Å². The number of carbonyl (C=O) groups excluding carboxylic acids is 1. The first kappa shape index (κ1) is 17.0. The number of hydrogen-bond donors (Lipinski definition) is 2. The fraction of sp³-hybridized carbons (Fsp3) is 0.611. The standard InChI is InChI=1S/C18H29N3O/c1-2-6-17(19)18(22)20-13-16-10-12-21(14-16)11-9-15-7-4-3-5-8-15/h3-5,7-8,16-17H,2,6,9-14,19H2,1H3,(H,20,22). The molecule has 0 aromatic heterocycles. The van der Waals surface area contributed by atoms with Crippen molar-refractivity contribution < 1.29 is 4.79 Å². The summed E-state index contributed by atoms with van der Waals surface area (Å²) in [7, 11) is 0. The third-order valence-electron chi connectivity index (χ3n) is 4.43. The summed E-state index contributed by atoms with van der Waals surface area (Å²) < 4.78 is 0. The highest BCUT2D eigenvalue weighted by molar-refractivity contribution is 5.81. The Morgan fingerprint density at radius 2 is 2.18 bits per heavy atom. The molecule has 1 heterocycles.